The third kappa shape index (κ3) is 1.63. The third-order valence-corrected chi connectivity index (χ3v) is 4.16. The van der Waals surface area contributed by atoms with Gasteiger partial charge in [-0.1, -0.05) is 5.21 Å². The van der Waals surface area contributed by atoms with Crippen LogP contribution in [0.4, 0.5) is 0 Å². The Hall–Kier alpha value is -1.95. The summed E-state index contributed by atoms with van der Waals surface area (Å²) in [5.41, 5.74) is 9.06. The second-order valence-corrected chi connectivity index (χ2v) is 5.36. The standard InChI is InChI=1S/C13H16N6/c14-9-3-1-8(2-4-9)11-12-10-5-6-15-13(10)16-7-19(12)18-17-11/h5-9,15H,1-4,14H2. The van der Waals surface area contributed by atoms with Crippen LogP contribution in [0.15, 0.2) is 18.6 Å². The summed E-state index contributed by atoms with van der Waals surface area (Å²) in [5, 5.41) is 9.69. The van der Waals surface area contributed by atoms with Crippen LogP contribution in [0.3, 0.4) is 0 Å². The maximum atomic E-state index is 5.98. The Bertz CT molecular complexity index is 719. The molecule has 0 unspecified atom stereocenters. The first kappa shape index (κ1) is 10.9. The van der Waals surface area contributed by atoms with Crippen molar-refractivity contribution in [1.29, 1.82) is 0 Å². The zero-order valence-corrected chi connectivity index (χ0v) is 10.6. The molecule has 0 aromatic carbocycles. The first-order valence-corrected chi connectivity index (χ1v) is 6.75. The van der Waals surface area contributed by atoms with Gasteiger partial charge in [0.05, 0.1) is 5.69 Å². The fourth-order valence-corrected chi connectivity index (χ4v) is 3.09. The van der Waals surface area contributed by atoms with Crippen LogP contribution in [-0.4, -0.2) is 30.8 Å². The number of hydrogen-bond donors (Lipinski definition) is 2. The Morgan fingerprint density at radius 1 is 1.26 bits per heavy atom. The van der Waals surface area contributed by atoms with Crippen LogP contribution in [-0.2, 0) is 0 Å². The Kier molecular flexibility index (Phi) is 2.32. The van der Waals surface area contributed by atoms with Crippen LogP contribution in [0.2, 0.25) is 0 Å². The predicted molar refractivity (Wildman–Crippen MR) is 71.8 cm³/mol. The summed E-state index contributed by atoms with van der Waals surface area (Å²) in [4.78, 5) is 7.46. The van der Waals surface area contributed by atoms with Gasteiger partial charge in [-0.3, -0.25) is 0 Å². The van der Waals surface area contributed by atoms with Gasteiger partial charge in [-0.2, -0.15) is 0 Å². The van der Waals surface area contributed by atoms with Gasteiger partial charge in [0.25, 0.3) is 0 Å². The van der Waals surface area contributed by atoms with Crippen LogP contribution in [0, 0.1) is 0 Å². The summed E-state index contributed by atoms with van der Waals surface area (Å²) in [7, 11) is 0. The van der Waals surface area contributed by atoms with Gasteiger partial charge in [0.1, 0.15) is 17.5 Å². The maximum absolute atomic E-state index is 5.98. The SMILES string of the molecule is NC1CCC(c2nnn3cnc4[nH]ccc4c23)CC1. The zero-order valence-electron chi connectivity index (χ0n) is 10.6. The van der Waals surface area contributed by atoms with E-state index in [1.165, 1.54) is 0 Å². The Balaban J connectivity index is 1.87. The van der Waals surface area contributed by atoms with E-state index < -0.39 is 0 Å². The molecule has 0 aliphatic heterocycles. The summed E-state index contributed by atoms with van der Waals surface area (Å²) < 4.78 is 1.78. The lowest BCUT2D eigenvalue weighted by atomic mass is 9.84. The normalized spacial score (nSPS) is 24.3. The molecule has 3 aromatic rings. The van der Waals surface area contributed by atoms with Crippen molar-refractivity contribution >= 4 is 16.6 Å². The van der Waals surface area contributed by atoms with Crippen molar-refractivity contribution < 1.29 is 0 Å². The van der Waals surface area contributed by atoms with E-state index in [4.69, 9.17) is 5.73 Å². The summed E-state index contributed by atoms with van der Waals surface area (Å²) in [5.74, 6) is 0.470. The van der Waals surface area contributed by atoms with Gasteiger partial charge >= 0.3 is 0 Å². The highest BCUT2D eigenvalue weighted by Crippen LogP contribution is 2.34. The molecule has 0 bridgehead atoms. The van der Waals surface area contributed by atoms with Crippen LogP contribution < -0.4 is 5.73 Å². The largest absolute Gasteiger partial charge is 0.346 e. The molecular formula is C13H16N6. The zero-order chi connectivity index (χ0) is 12.8. The van der Waals surface area contributed by atoms with Gasteiger partial charge in [0.15, 0.2) is 0 Å². The lowest BCUT2D eigenvalue weighted by molar-refractivity contribution is 0.391. The van der Waals surface area contributed by atoms with E-state index >= 15 is 0 Å². The molecule has 4 rings (SSSR count). The molecule has 0 spiro atoms. The lowest BCUT2D eigenvalue weighted by Crippen LogP contribution is -2.25. The quantitative estimate of drug-likeness (QED) is 0.692. The molecule has 3 N–H and O–H groups in total. The number of fused-ring (bicyclic) bond motifs is 3. The van der Waals surface area contributed by atoms with Gasteiger partial charge in [0.2, 0.25) is 0 Å². The van der Waals surface area contributed by atoms with Crippen LogP contribution >= 0.6 is 0 Å². The van der Waals surface area contributed by atoms with E-state index in [0.29, 0.717) is 12.0 Å². The number of nitrogens with two attached hydrogens (primary N) is 1. The minimum absolute atomic E-state index is 0.354. The maximum Gasteiger partial charge on any atom is 0.141 e. The van der Waals surface area contributed by atoms with Crippen LogP contribution in [0.5, 0.6) is 0 Å². The monoisotopic (exact) mass is 256 g/mol. The molecule has 0 amide bonds. The third-order valence-electron chi connectivity index (χ3n) is 4.16. The highest BCUT2D eigenvalue weighted by Gasteiger charge is 2.25. The van der Waals surface area contributed by atoms with Gasteiger partial charge < -0.3 is 10.7 Å². The number of aromatic amines is 1. The fourth-order valence-electron chi connectivity index (χ4n) is 3.09. The summed E-state index contributed by atoms with van der Waals surface area (Å²) in [6, 6.07) is 2.39. The fraction of sp³-hybridized carbons (Fsp3) is 0.462. The molecule has 6 nitrogen and oxygen atoms in total. The van der Waals surface area contributed by atoms with Gasteiger partial charge in [-0.15, -0.1) is 5.10 Å². The molecule has 0 atom stereocenters. The highest BCUT2D eigenvalue weighted by molar-refractivity contribution is 5.92. The first-order valence-electron chi connectivity index (χ1n) is 6.75. The first-order chi connectivity index (χ1) is 9.33. The molecule has 1 saturated carbocycles. The molecule has 98 valence electrons. The molecular weight excluding hydrogens is 240 g/mol. The topological polar surface area (TPSA) is 84.9 Å². The average molecular weight is 256 g/mol. The predicted octanol–water partition coefficient (Wildman–Crippen LogP) is 1.59. The van der Waals surface area contributed by atoms with Crippen LogP contribution in [0.1, 0.15) is 37.3 Å². The Labute approximate surface area is 110 Å². The number of hydrogen-bond acceptors (Lipinski definition) is 4. The van der Waals surface area contributed by atoms with E-state index in [2.05, 4.69) is 20.3 Å². The second kappa shape index (κ2) is 4.03. The van der Waals surface area contributed by atoms with E-state index in [1.807, 2.05) is 12.3 Å². The smallest absolute Gasteiger partial charge is 0.141 e. The number of rotatable bonds is 1. The molecule has 0 saturated heterocycles. The van der Waals surface area contributed by atoms with Gasteiger partial charge in [-0.25, -0.2) is 9.50 Å². The number of aromatic nitrogens is 5. The Morgan fingerprint density at radius 2 is 2.11 bits per heavy atom. The van der Waals surface area contributed by atoms with E-state index in [9.17, 15) is 0 Å². The molecule has 3 heterocycles. The van der Waals surface area contributed by atoms with Crippen molar-refractivity contribution in [3.05, 3.63) is 24.3 Å². The highest BCUT2D eigenvalue weighted by atomic mass is 15.4. The summed E-state index contributed by atoms with van der Waals surface area (Å²) in [6.07, 6.45) is 7.98. The van der Waals surface area contributed by atoms with Crippen molar-refractivity contribution in [3.63, 3.8) is 0 Å². The van der Waals surface area contributed by atoms with Gasteiger partial charge in [-0.05, 0) is 31.7 Å². The lowest BCUT2D eigenvalue weighted by Gasteiger charge is -2.24. The molecule has 0 radical (unpaired) electrons. The minimum atomic E-state index is 0.354. The molecule has 6 heteroatoms. The molecule has 3 aromatic heterocycles. The van der Waals surface area contributed by atoms with E-state index in [-0.39, 0.29) is 0 Å². The Morgan fingerprint density at radius 3 is 2.95 bits per heavy atom. The van der Waals surface area contributed by atoms with Gasteiger partial charge in [0, 0.05) is 23.5 Å². The van der Waals surface area contributed by atoms with Crippen molar-refractivity contribution in [3.8, 4) is 0 Å². The second-order valence-electron chi connectivity index (χ2n) is 5.36. The average Bonchev–Trinajstić information content (AvgIpc) is 3.04. The summed E-state index contributed by atoms with van der Waals surface area (Å²) in [6.45, 7) is 0. The van der Waals surface area contributed by atoms with E-state index in [0.717, 1.165) is 47.9 Å². The number of H-pyrrole nitrogens is 1. The molecule has 1 aliphatic carbocycles. The minimum Gasteiger partial charge on any atom is -0.346 e. The van der Waals surface area contributed by atoms with Crippen molar-refractivity contribution in [2.24, 2.45) is 5.73 Å². The summed E-state index contributed by atoms with van der Waals surface area (Å²) >= 11 is 0. The van der Waals surface area contributed by atoms with Crippen LogP contribution in [0.25, 0.3) is 16.6 Å². The van der Waals surface area contributed by atoms with Crippen molar-refractivity contribution in [2.45, 2.75) is 37.6 Å². The van der Waals surface area contributed by atoms with Crippen molar-refractivity contribution in [1.82, 2.24) is 24.8 Å². The van der Waals surface area contributed by atoms with E-state index in [1.54, 1.807) is 10.8 Å². The number of nitrogens with zero attached hydrogens (tertiary/aromatic N) is 4. The molecule has 1 aliphatic rings. The molecule has 19 heavy (non-hydrogen) atoms. The molecule has 1 fully saturated rings. The number of nitrogens with one attached hydrogen (secondary N) is 1. The van der Waals surface area contributed by atoms with Crippen molar-refractivity contribution in [2.75, 3.05) is 0 Å².